The van der Waals surface area contributed by atoms with Gasteiger partial charge in [-0.3, -0.25) is 10.1 Å². The third-order valence-corrected chi connectivity index (χ3v) is 5.35. The van der Waals surface area contributed by atoms with Gasteiger partial charge in [-0.15, -0.1) is 0 Å². The quantitative estimate of drug-likeness (QED) is 0.595. The van der Waals surface area contributed by atoms with Crippen molar-refractivity contribution in [1.82, 2.24) is 14.3 Å². The molecule has 0 saturated heterocycles. The van der Waals surface area contributed by atoms with Crippen LogP contribution in [0.25, 0.3) is 11.3 Å². The molecule has 3 aromatic rings. The smallest absolute Gasteiger partial charge is 0.416 e. The molecule has 6 nitrogen and oxygen atoms in total. The van der Waals surface area contributed by atoms with E-state index in [0.29, 0.717) is 23.1 Å². The Morgan fingerprint density at radius 3 is 2.70 bits per heavy atom. The highest BCUT2D eigenvalue weighted by atomic mass is 32.1. The zero-order valence-electron chi connectivity index (χ0n) is 16.9. The molecule has 30 heavy (non-hydrogen) atoms. The van der Waals surface area contributed by atoms with Crippen LogP contribution >= 0.6 is 11.5 Å². The maximum atomic E-state index is 13.0. The standard InChI is InChI=1S/C20H21F3N4O2S/c1-11(27(3)4)8-17-24-19(30-26-17)25-18(28)15-10-16(29-12(15)2)13-6-5-7-14(9-13)20(21,22)23/h5-7,9-11H,8H2,1-4H3,(H,24,25,26,28). The fourth-order valence-electron chi connectivity index (χ4n) is 2.70. The van der Waals surface area contributed by atoms with Crippen LogP contribution in [0.3, 0.4) is 0 Å². The van der Waals surface area contributed by atoms with Gasteiger partial charge in [-0.05, 0) is 46.1 Å². The largest absolute Gasteiger partial charge is 0.461 e. The number of alkyl halides is 3. The molecular weight excluding hydrogens is 417 g/mol. The molecule has 1 atom stereocenters. The van der Waals surface area contributed by atoms with E-state index < -0.39 is 17.6 Å². The van der Waals surface area contributed by atoms with Gasteiger partial charge >= 0.3 is 6.18 Å². The summed E-state index contributed by atoms with van der Waals surface area (Å²) in [4.78, 5) is 19.0. The van der Waals surface area contributed by atoms with E-state index in [0.717, 1.165) is 23.7 Å². The molecule has 1 unspecified atom stereocenters. The van der Waals surface area contributed by atoms with Crippen molar-refractivity contribution in [2.45, 2.75) is 32.5 Å². The second kappa shape index (κ2) is 8.57. The molecule has 0 radical (unpaired) electrons. The van der Waals surface area contributed by atoms with Crippen LogP contribution in [0.5, 0.6) is 0 Å². The monoisotopic (exact) mass is 438 g/mol. The third kappa shape index (κ3) is 5.06. The van der Waals surface area contributed by atoms with E-state index in [2.05, 4.69) is 14.7 Å². The van der Waals surface area contributed by atoms with Crippen LogP contribution in [-0.2, 0) is 12.6 Å². The number of anilines is 1. The zero-order chi connectivity index (χ0) is 22.1. The molecule has 2 heterocycles. The number of aryl methyl sites for hydroxylation is 1. The van der Waals surface area contributed by atoms with Gasteiger partial charge < -0.3 is 9.32 Å². The van der Waals surface area contributed by atoms with Crippen LogP contribution in [0.2, 0.25) is 0 Å². The summed E-state index contributed by atoms with van der Waals surface area (Å²) in [6, 6.07) is 6.44. The Hall–Kier alpha value is -2.72. The highest BCUT2D eigenvalue weighted by Gasteiger charge is 2.31. The number of rotatable bonds is 6. The molecule has 0 aliphatic rings. The van der Waals surface area contributed by atoms with Crippen LogP contribution in [0.15, 0.2) is 34.7 Å². The average Bonchev–Trinajstić information content (AvgIpc) is 3.27. The highest BCUT2D eigenvalue weighted by Crippen LogP contribution is 2.33. The maximum Gasteiger partial charge on any atom is 0.416 e. The molecule has 1 N–H and O–H groups in total. The van der Waals surface area contributed by atoms with Crippen LogP contribution in [0.4, 0.5) is 18.3 Å². The van der Waals surface area contributed by atoms with E-state index in [-0.39, 0.29) is 22.9 Å². The van der Waals surface area contributed by atoms with Crippen molar-refractivity contribution in [3.8, 4) is 11.3 Å². The fraction of sp³-hybridized carbons (Fsp3) is 0.350. The number of furan rings is 1. The van der Waals surface area contributed by atoms with Crippen molar-refractivity contribution < 1.29 is 22.4 Å². The van der Waals surface area contributed by atoms with Crippen molar-refractivity contribution in [2.75, 3.05) is 19.4 Å². The summed E-state index contributed by atoms with van der Waals surface area (Å²) >= 11 is 1.07. The second-order valence-corrected chi connectivity index (χ2v) is 7.90. The van der Waals surface area contributed by atoms with Gasteiger partial charge in [0.25, 0.3) is 5.91 Å². The Morgan fingerprint density at radius 1 is 1.30 bits per heavy atom. The predicted molar refractivity (Wildman–Crippen MR) is 109 cm³/mol. The summed E-state index contributed by atoms with van der Waals surface area (Å²) in [7, 11) is 3.92. The molecule has 0 aliphatic carbocycles. The van der Waals surface area contributed by atoms with Gasteiger partial charge in [0.05, 0.1) is 11.1 Å². The minimum Gasteiger partial charge on any atom is -0.461 e. The number of carbonyl (C=O) groups is 1. The summed E-state index contributed by atoms with van der Waals surface area (Å²) in [5, 5.41) is 3.02. The molecule has 10 heteroatoms. The van der Waals surface area contributed by atoms with Gasteiger partial charge in [-0.25, -0.2) is 4.98 Å². The van der Waals surface area contributed by atoms with E-state index in [1.807, 2.05) is 25.9 Å². The second-order valence-electron chi connectivity index (χ2n) is 7.15. The van der Waals surface area contributed by atoms with E-state index in [1.165, 1.54) is 18.2 Å². The lowest BCUT2D eigenvalue weighted by Crippen LogP contribution is -2.27. The number of nitrogens with one attached hydrogen (secondary N) is 1. The Kier molecular flexibility index (Phi) is 6.27. The number of benzene rings is 1. The molecule has 1 aromatic carbocycles. The number of hydrogen-bond acceptors (Lipinski definition) is 6. The van der Waals surface area contributed by atoms with E-state index in [9.17, 15) is 18.0 Å². The van der Waals surface area contributed by atoms with Gasteiger partial charge in [0.1, 0.15) is 17.3 Å². The average molecular weight is 438 g/mol. The van der Waals surface area contributed by atoms with Crippen molar-refractivity contribution in [3.63, 3.8) is 0 Å². The lowest BCUT2D eigenvalue weighted by Gasteiger charge is -2.17. The summed E-state index contributed by atoms with van der Waals surface area (Å²) in [5.74, 6) is 0.648. The lowest BCUT2D eigenvalue weighted by atomic mass is 10.1. The Labute approximate surface area is 175 Å². The molecular formula is C20H21F3N4O2S. The first-order chi connectivity index (χ1) is 14.0. The van der Waals surface area contributed by atoms with E-state index in [4.69, 9.17) is 4.42 Å². The maximum absolute atomic E-state index is 13.0. The summed E-state index contributed by atoms with van der Waals surface area (Å²) in [5.41, 5.74) is -0.322. The first-order valence-corrected chi connectivity index (χ1v) is 9.90. The molecule has 0 bridgehead atoms. The van der Waals surface area contributed by atoms with Crippen LogP contribution in [0, 0.1) is 6.92 Å². The Balaban J connectivity index is 1.76. The van der Waals surface area contributed by atoms with Gasteiger partial charge in [0.15, 0.2) is 0 Å². The number of carbonyl (C=O) groups excluding carboxylic acids is 1. The van der Waals surface area contributed by atoms with Gasteiger partial charge in [0.2, 0.25) is 5.13 Å². The first-order valence-electron chi connectivity index (χ1n) is 9.13. The Morgan fingerprint density at radius 2 is 2.03 bits per heavy atom. The number of aromatic nitrogens is 2. The van der Waals surface area contributed by atoms with Crippen molar-refractivity contribution in [1.29, 1.82) is 0 Å². The Bertz CT molecular complexity index is 1040. The van der Waals surface area contributed by atoms with Gasteiger partial charge in [-0.1, -0.05) is 12.1 Å². The molecule has 0 aliphatic heterocycles. The third-order valence-electron chi connectivity index (χ3n) is 4.68. The molecule has 160 valence electrons. The van der Waals surface area contributed by atoms with Crippen LogP contribution < -0.4 is 5.32 Å². The molecule has 1 amide bonds. The van der Waals surface area contributed by atoms with Crippen molar-refractivity contribution >= 4 is 22.6 Å². The fourth-order valence-corrected chi connectivity index (χ4v) is 3.29. The zero-order valence-corrected chi connectivity index (χ0v) is 17.7. The minimum absolute atomic E-state index is 0.182. The first kappa shape index (κ1) is 22.0. The predicted octanol–water partition coefficient (Wildman–Crippen LogP) is 4.87. The van der Waals surface area contributed by atoms with E-state index in [1.54, 1.807) is 6.92 Å². The molecule has 2 aromatic heterocycles. The minimum atomic E-state index is -4.46. The lowest BCUT2D eigenvalue weighted by molar-refractivity contribution is -0.137. The number of halogens is 3. The molecule has 0 fully saturated rings. The number of likely N-dealkylation sites (N-methyl/N-ethyl adjacent to an activating group) is 1. The van der Waals surface area contributed by atoms with Gasteiger partial charge in [-0.2, -0.15) is 17.5 Å². The van der Waals surface area contributed by atoms with Crippen molar-refractivity contribution in [2.24, 2.45) is 0 Å². The van der Waals surface area contributed by atoms with Crippen molar-refractivity contribution in [3.05, 3.63) is 53.0 Å². The van der Waals surface area contributed by atoms with Gasteiger partial charge in [0, 0.05) is 29.6 Å². The molecule has 0 spiro atoms. The highest BCUT2D eigenvalue weighted by molar-refractivity contribution is 7.09. The SMILES string of the molecule is Cc1oc(-c2cccc(C(F)(F)F)c2)cc1C(=O)Nc1nc(CC(C)N(C)C)ns1. The molecule has 3 rings (SSSR count). The normalized spacial score (nSPS) is 12.9. The molecule has 0 saturated carbocycles. The van der Waals surface area contributed by atoms with Crippen LogP contribution in [-0.4, -0.2) is 40.3 Å². The summed E-state index contributed by atoms with van der Waals surface area (Å²) < 4.78 is 48.7. The topological polar surface area (TPSA) is 71.3 Å². The number of amides is 1. The number of hydrogen-bond donors (Lipinski definition) is 1. The summed E-state index contributed by atoms with van der Waals surface area (Å²) in [6.07, 6.45) is -3.82. The van der Waals surface area contributed by atoms with Crippen LogP contribution in [0.1, 0.15) is 34.4 Å². The summed E-state index contributed by atoms with van der Waals surface area (Å²) in [6.45, 7) is 3.62. The van der Waals surface area contributed by atoms with E-state index >= 15 is 0 Å². The number of nitrogens with zero attached hydrogens (tertiary/aromatic N) is 3.